The molecular formula is C15H26N2. The fraction of sp³-hybridized carbons (Fsp3) is 0.867. The van der Waals surface area contributed by atoms with Crippen molar-refractivity contribution in [1.29, 1.82) is 0 Å². The summed E-state index contributed by atoms with van der Waals surface area (Å²) in [5.74, 6) is 1.62. The monoisotopic (exact) mass is 234 g/mol. The van der Waals surface area contributed by atoms with E-state index < -0.39 is 0 Å². The lowest BCUT2D eigenvalue weighted by Gasteiger charge is -2.57. The van der Waals surface area contributed by atoms with Crippen LogP contribution >= 0.6 is 0 Å². The Bertz CT molecular complexity index is 352. The van der Waals surface area contributed by atoms with Gasteiger partial charge in [0.25, 0.3) is 0 Å². The lowest BCUT2D eigenvalue weighted by atomic mass is 9.60. The summed E-state index contributed by atoms with van der Waals surface area (Å²) in [6.07, 6.45) is 2.85. The number of hydrogen-bond acceptors (Lipinski definition) is 2. The second-order valence-corrected chi connectivity index (χ2v) is 6.92. The third-order valence-electron chi connectivity index (χ3n) is 5.27. The van der Waals surface area contributed by atoms with Gasteiger partial charge in [0.15, 0.2) is 0 Å². The maximum absolute atomic E-state index is 2.53. The molecule has 2 atom stereocenters. The van der Waals surface area contributed by atoms with Crippen LogP contribution in [0.15, 0.2) is 11.1 Å². The summed E-state index contributed by atoms with van der Waals surface area (Å²) in [5.41, 5.74) is 4.23. The van der Waals surface area contributed by atoms with Crippen LogP contribution in [0, 0.1) is 17.3 Å². The standard InChI is InChI=1S/C15H26N2/c1-11-5-6-15(9-17(4)10-15)13-8-16(3)7-12(2)14(11)13/h11-12H,5-10H2,1-4H3. The zero-order valence-corrected chi connectivity index (χ0v) is 11.8. The highest BCUT2D eigenvalue weighted by molar-refractivity contribution is 5.35. The van der Waals surface area contributed by atoms with Crippen molar-refractivity contribution in [3.05, 3.63) is 11.1 Å². The van der Waals surface area contributed by atoms with Gasteiger partial charge in [-0.15, -0.1) is 0 Å². The molecular weight excluding hydrogens is 208 g/mol. The van der Waals surface area contributed by atoms with Crippen molar-refractivity contribution in [2.24, 2.45) is 17.3 Å². The van der Waals surface area contributed by atoms with E-state index in [1.54, 1.807) is 0 Å². The van der Waals surface area contributed by atoms with E-state index in [2.05, 4.69) is 37.7 Å². The Balaban J connectivity index is 1.99. The molecule has 1 saturated heterocycles. The molecule has 2 aliphatic heterocycles. The molecule has 0 saturated carbocycles. The highest BCUT2D eigenvalue weighted by Gasteiger charge is 2.49. The molecule has 96 valence electrons. The molecule has 0 radical (unpaired) electrons. The molecule has 0 N–H and O–H groups in total. The number of rotatable bonds is 0. The summed E-state index contributed by atoms with van der Waals surface area (Å²) >= 11 is 0. The van der Waals surface area contributed by atoms with Crippen LogP contribution in [-0.2, 0) is 0 Å². The molecule has 0 bridgehead atoms. The summed E-state index contributed by atoms with van der Waals surface area (Å²) in [4.78, 5) is 5.02. The molecule has 1 fully saturated rings. The van der Waals surface area contributed by atoms with Crippen molar-refractivity contribution in [1.82, 2.24) is 9.80 Å². The SMILES string of the molecule is CC1CCC2(CN(C)C2)C2=C1C(C)CN(C)C2. The molecule has 3 aliphatic rings. The van der Waals surface area contributed by atoms with E-state index in [0.29, 0.717) is 5.41 Å². The van der Waals surface area contributed by atoms with Gasteiger partial charge >= 0.3 is 0 Å². The third-order valence-corrected chi connectivity index (χ3v) is 5.27. The van der Waals surface area contributed by atoms with Crippen molar-refractivity contribution in [3.8, 4) is 0 Å². The van der Waals surface area contributed by atoms with Crippen molar-refractivity contribution in [3.63, 3.8) is 0 Å². The Hall–Kier alpha value is -0.340. The van der Waals surface area contributed by atoms with Crippen LogP contribution in [0.2, 0.25) is 0 Å². The molecule has 0 aromatic carbocycles. The summed E-state index contributed by atoms with van der Waals surface area (Å²) < 4.78 is 0. The Labute approximate surface area is 106 Å². The van der Waals surface area contributed by atoms with E-state index in [1.165, 1.54) is 39.0 Å². The van der Waals surface area contributed by atoms with E-state index >= 15 is 0 Å². The minimum atomic E-state index is 0.569. The molecule has 1 spiro atoms. The Kier molecular flexibility index (Phi) is 2.64. The van der Waals surface area contributed by atoms with Gasteiger partial charge in [0.1, 0.15) is 0 Å². The molecule has 1 aliphatic carbocycles. The highest BCUT2D eigenvalue weighted by atomic mass is 15.2. The lowest BCUT2D eigenvalue weighted by molar-refractivity contribution is 0.0219. The van der Waals surface area contributed by atoms with Crippen molar-refractivity contribution in [2.75, 3.05) is 40.3 Å². The van der Waals surface area contributed by atoms with Gasteiger partial charge in [0, 0.05) is 31.6 Å². The Morgan fingerprint density at radius 3 is 2.41 bits per heavy atom. The first kappa shape index (κ1) is 11.7. The maximum Gasteiger partial charge on any atom is 0.0199 e. The van der Waals surface area contributed by atoms with E-state index in [1.807, 2.05) is 11.1 Å². The van der Waals surface area contributed by atoms with Crippen molar-refractivity contribution in [2.45, 2.75) is 26.7 Å². The van der Waals surface area contributed by atoms with Crippen LogP contribution in [0.25, 0.3) is 0 Å². The third kappa shape index (κ3) is 1.68. The normalized spacial score (nSPS) is 38.1. The lowest BCUT2D eigenvalue weighted by Crippen LogP contribution is -2.59. The summed E-state index contributed by atoms with van der Waals surface area (Å²) in [5, 5.41) is 0. The second-order valence-electron chi connectivity index (χ2n) is 6.92. The minimum absolute atomic E-state index is 0.569. The molecule has 2 heterocycles. The van der Waals surface area contributed by atoms with Gasteiger partial charge in [0.05, 0.1) is 0 Å². The molecule has 2 heteroatoms. The van der Waals surface area contributed by atoms with Crippen LogP contribution in [0.5, 0.6) is 0 Å². The second kappa shape index (κ2) is 3.83. The maximum atomic E-state index is 2.53. The molecule has 2 unspecified atom stereocenters. The van der Waals surface area contributed by atoms with Gasteiger partial charge in [-0.05, 0) is 44.3 Å². The quantitative estimate of drug-likeness (QED) is 0.593. The molecule has 3 rings (SSSR count). The average molecular weight is 234 g/mol. The number of hydrogen-bond donors (Lipinski definition) is 0. The van der Waals surface area contributed by atoms with Crippen LogP contribution in [0.4, 0.5) is 0 Å². The summed E-state index contributed by atoms with van der Waals surface area (Å²) in [7, 11) is 4.55. The van der Waals surface area contributed by atoms with Gasteiger partial charge in [-0.1, -0.05) is 19.4 Å². The van der Waals surface area contributed by atoms with Crippen molar-refractivity contribution < 1.29 is 0 Å². The molecule has 0 aromatic heterocycles. The Morgan fingerprint density at radius 1 is 1.06 bits per heavy atom. The topological polar surface area (TPSA) is 6.48 Å². The van der Waals surface area contributed by atoms with Gasteiger partial charge in [-0.3, -0.25) is 0 Å². The Morgan fingerprint density at radius 2 is 1.76 bits per heavy atom. The molecule has 0 amide bonds. The predicted octanol–water partition coefficient (Wildman–Crippen LogP) is 2.23. The van der Waals surface area contributed by atoms with Gasteiger partial charge in [0.2, 0.25) is 0 Å². The van der Waals surface area contributed by atoms with Crippen LogP contribution < -0.4 is 0 Å². The summed E-state index contributed by atoms with van der Waals surface area (Å²) in [6, 6.07) is 0. The zero-order chi connectivity index (χ0) is 12.2. The van der Waals surface area contributed by atoms with Crippen LogP contribution in [-0.4, -0.2) is 50.1 Å². The first-order valence-electron chi connectivity index (χ1n) is 7.12. The summed E-state index contributed by atoms with van der Waals surface area (Å²) in [6.45, 7) is 9.99. The predicted molar refractivity (Wildman–Crippen MR) is 72.0 cm³/mol. The zero-order valence-electron chi connectivity index (χ0n) is 11.8. The fourth-order valence-electron chi connectivity index (χ4n) is 4.68. The van der Waals surface area contributed by atoms with Crippen molar-refractivity contribution >= 4 is 0 Å². The molecule has 0 aromatic rings. The number of likely N-dealkylation sites (N-methyl/N-ethyl adjacent to an activating group) is 1. The van der Waals surface area contributed by atoms with Gasteiger partial charge < -0.3 is 9.80 Å². The molecule has 17 heavy (non-hydrogen) atoms. The van der Waals surface area contributed by atoms with E-state index in [-0.39, 0.29) is 0 Å². The van der Waals surface area contributed by atoms with Gasteiger partial charge in [-0.2, -0.15) is 0 Å². The first-order chi connectivity index (χ1) is 8.02. The van der Waals surface area contributed by atoms with Crippen LogP contribution in [0.1, 0.15) is 26.7 Å². The smallest absolute Gasteiger partial charge is 0.0199 e. The number of fused-ring (bicyclic) bond motifs is 1. The van der Waals surface area contributed by atoms with Gasteiger partial charge in [-0.25, -0.2) is 0 Å². The number of likely N-dealkylation sites (tertiary alicyclic amines) is 1. The highest BCUT2D eigenvalue weighted by Crippen LogP contribution is 2.51. The van der Waals surface area contributed by atoms with E-state index in [4.69, 9.17) is 0 Å². The van der Waals surface area contributed by atoms with E-state index in [9.17, 15) is 0 Å². The first-order valence-corrected chi connectivity index (χ1v) is 7.12. The fourth-order valence-corrected chi connectivity index (χ4v) is 4.68. The van der Waals surface area contributed by atoms with E-state index in [0.717, 1.165) is 11.8 Å². The average Bonchev–Trinajstić information content (AvgIpc) is 2.20. The number of nitrogens with zero attached hydrogens (tertiary/aromatic N) is 2. The molecule has 2 nitrogen and oxygen atoms in total. The van der Waals surface area contributed by atoms with Crippen LogP contribution in [0.3, 0.4) is 0 Å². The minimum Gasteiger partial charge on any atom is -0.305 e. The largest absolute Gasteiger partial charge is 0.305 e.